The normalized spacial score (nSPS) is 48.2. The summed E-state index contributed by atoms with van der Waals surface area (Å²) in [5, 5.41) is 0. The molecule has 6 aliphatic heterocycles. The lowest BCUT2D eigenvalue weighted by molar-refractivity contribution is -0.325. The molecule has 10 aliphatic rings. The first-order chi connectivity index (χ1) is 24.5. The van der Waals surface area contributed by atoms with Gasteiger partial charge in [-0.15, -0.1) is 0 Å². The lowest BCUT2D eigenvalue weighted by Gasteiger charge is -2.56. The Bertz CT molecular complexity index is 1220. The van der Waals surface area contributed by atoms with Gasteiger partial charge >= 0.3 is 15.4 Å². The second-order valence-electron chi connectivity index (χ2n) is 17.0. The van der Waals surface area contributed by atoms with Crippen molar-refractivity contribution in [3.63, 3.8) is 0 Å². The van der Waals surface area contributed by atoms with Gasteiger partial charge in [-0.2, -0.15) is 0 Å². The standard InChI is InChI=1S/C36H56B2O12/c1-5-13-31(14-6-1)39-20-25(44-31)29-30(48-38-47-29)26-21-41-36(45-26)19-11-4-12-27(36)34(23-42-33(49-34)17-9-3-10-18-33)35(24-43-37-50-35)28-22-40-32(46-28)15-7-2-8-16-32/h25-30,37-38H,1-24H2/t25-,26+,27?,28+,29-,30-,34?,35-,36?/m1/s1. The summed E-state index contributed by atoms with van der Waals surface area (Å²) in [5.74, 6) is -2.83. The lowest BCUT2D eigenvalue weighted by Crippen LogP contribution is -2.72. The van der Waals surface area contributed by atoms with E-state index in [0.29, 0.717) is 33.0 Å². The van der Waals surface area contributed by atoms with Gasteiger partial charge in [0.05, 0.1) is 45.2 Å². The molecule has 0 aromatic carbocycles. The summed E-state index contributed by atoms with van der Waals surface area (Å²) in [7, 11) is 0.381. The van der Waals surface area contributed by atoms with Gasteiger partial charge in [0.1, 0.15) is 29.5 Å². The highest BCUT2D eigenvalue weighted by Crippen LogP contribution is 2.61. The van der Waals surface area contributed by atoms with Crippen molar-refractivity contribution in [3.8, 4) is 0 Å². The van der Waals surface area contributed by atoms with Crippen LogP contribution < -0.4 is 0 Å². The smallest absolute Gasteiger partial charge is 0.411 e. The van der Waals surface area contributed by atoms with E-state index in [1.54, 1.807) is 0 Å². The third-order valence-corrected chi connectivity index (χ3v) is 14.2. The zero-order valence-electron chi connectivity index (χ0n) is 29.7. The van der Waals surface area contributed by atoms with Crippen molar-refractivity contribution in [2.75, 3.05) is 33.0 Å². The molecule has 12 nitrogen and oxygen atoms in total. The fourth-order valence-electron chi connectivity index (χ4n) is 11.7. The summed E-state index contributed by atoms with van der Waals surface area (Å²) in [5.41, 5.74) is -1.89. The zero-order chi connectivity index (χ0) is 33.3. The molecule has 9 atom stereocenters. The molecule has 6 saturated heterocycles. The molecule has 4 spiro atoms. The van der Waals surface area contributed by atoms with Crippen LogP contribution in [0.15, 0.2) is 0 Å². The fraction of sp³-hybridized carbons (Fsp3) is 1.00. The van der Waals surface area contributed by atoms with Crippen LogP contribution in [-0.4, -0.2) is 113 Å². The number of ether oxygens (including phenoxy) is 8. The monoisotopic (exact) mass is 702 g/mol. The SMILES string of the molecule is B1O[C@H]([C@@H]2COC3(CCCCC3C3([C@]4([C@@H]5COC6(CCCCC6)O5)COBO4)COC4(CCCCC4)O3)O2)[C@@H]([C@H]2COC3(CCCCC3)O2)O1. The van der Waals surface area contributed by atoms with Gasteiger partial charge < -0.3 is 56.5 Å². The molecule has 14 heteroatoms. The van der Waals surface area contributed by atoms with Crippen LogP contribution in [0.2, 0.25) is 0 Å². The Morgan fingerprint density at radius 1 is 0.480 bits per heavy atom. The molecule has 10 rings (SSSR count). The van der Waals surface area contributed by atoms with E-state index in [-0.39, 0.29) is 51.8 Å². The van der Waals surface area contributed by atoms with Gasteiger partial charge in [0, 0.05) is 50.9 Å². The minimum absolute atomic E-state index is 0.176. The molecule has 0 aromatic rings. The topological polar surface area (TPSA) is 111 Å². The highest BCUT2D eigenvalue weighted by atomic mass is 16.8. The molecule has 0 N–H and O–H groups in total. The molecule has 6 heterocycles. The Hall–Kier alpha value is -0.350. The summed E-state index contributed by atoms with van der Waals surface area (Å²) in [6.07, 6.45) is 17.8. The van der Waals surface area contributed by atoms with Gasteiger partial charge in [-0.1, -0.05) is 25.7 Å². The average Bonchev–Trinajstić information content (AvgIpc) is 4.01. The third-order valence-electron chi connectivity index (χ3n) is 14.2. The second kappa shape index (κ2) is 13.2. The fourth-order valence-corrected chi connectivity index (χ4v) is 11.7. The molecular formula is C36H56B2O12. The minimum Gasteiger partial charge on any atom is -0.411 e. The van der Waals surface area contributed by atoms with Crippen LogP contribution in [0.5, 0.6) is 0 Å². The Morgan fingerprint density at radius 2 is 1.10 bits per heavy atom. The van der Waals surface area contributed by atoms with Gasteiger partial charge in [0.25, 0.3) is 0 Å². The Kier molecular flexibility index (Phi) is 8.99. The van der Waals surface area contributed by atoms with E-state index < -0.39 is 34.4 Å². The molecule has 50 heavy (non-hydrogen) atoms. The van der Waals surface area contributed by atoms with E-state index in [1.807, 2.05) is 0 Å². The van der Waals surface area contributed by atoms with Crippen LogP contribution >= 0.6 is 0 Å². The highest BCUT2D eigenvalue weighted by molar-refractivity contribution is 6.19. The van der Waals surface area contributed by atoms with Crippen LogP contribution in [0.1, 0.15) is 122 Å². The van der Waals surface area contributed by atoms with Crippen LogP contribution in [0.4, 0.5) is 0 Å². The summed E-state index contributed by atoms with van der Waals surface area (Å²) in [4.78, 5) is 0. The maximum absolute atomic E-state index is 7.59. The average molecular weight is 702 g/mol. The quantitative estimate of drug-likeness (QED) is 0.387. The molecule has 10 fully saturated rings. The molecule has 3 unspecified atom stereocenters. The van der Waals surface area contributed by atoms with Gasteiger partial charge in [0.2, 0.25) is 0 Å². The van der Waals surface area contributed by atoms with E-state index in [1.165, 1.54) is 19.3 Å². The van der Waals surface area contributed by atoms with E-state index in [0.717, 1.165) is 103 Å². The largest absolute Gasteiger partial charge is 0.438 e. The Morgan fingerprint density at radius 3 is 1.80 bits per heavy atom. The lowest BCUT2D eigenvalue weighted by atomic mass is 9.64. The van der Waals surface area contributed by atoms with Crippen molar-refractivity contribution in [3.05, 3.63) is 0 Å². The molecule has 0 radical (unpaired) electrons. The van der Waals surface area contributed by atoms with Crippen LogP contribution in [-0.2, 0) is 56.5 Å². The molecule has 4 saturated carbocycles. The highest BCUT2D eigenvalue weighted by Gasteiger charge is 2.75. The molecule has 278 valence electrons. The predicted molar refractivity (Wildman–Crippen MR) is 178 cm³/mol. The molecule has 0 amide bonds. The summed E-state index contributed by atoms with van der Waals surface area (Å²) < 4.78 is 81.0. The first kappa shape index (κ1) is 34.2. The zero-order valence-corrected chi connectivity index (χ0v) is 29.7. The van der Waals surface area contributed by atoms with Crippen LogP contribution in [0.25, 0.3) is 0 Å². The van der Waals surface area contributed by atoms with Gasteiger partial charge in [-0.3, -0.25) is 0 Å². The van der Waals surface area contributed by atoms with E-state index >= 15 is 0 Å². The molecule has 4 aliphatic carbocycles. The Labute approximate surface area is 297 Å². The molecule has 0 bridgehead atoms. The number of hydrogen-bond donors (Lipinski definition) is 0. The van der Waals surface area contributed by atoms with Gasteiger partial charge in [-0.25, -0.2) is 0 Å². The van der Waals surface area contributed by atoms with Crippen molar-refractivity contribution in [1.82, 2.24) is 0 Å². The Balaban J connectivity index is 0.962. The van der Waals surface area contributed by atoms with Crippen molar-refractivity contribution < 1.29 is 56.5 Å². The van der Waals surface area contributed by atoms with E-state index in [9.17, 15) is 0 Å². The third kappa shape index (κ3) is 5.47. The summed E-state index contributed by atoms with van der Waals surface area (Å²) in [6, 6.07) is 0. The van der Waals surface area contributed by atoms with E-state index in [4.69, 9.17) is 56.5 Å². The second-order valence-corrected chi connectivity index (χ2v) is 17.0. The molecule has 0 aromatic heterocycles. The first-order valence-electron chi connectivity index (χ1n) is 20.2. The summed E-state index contributed by atoms with van der Waals surface area (Å²) >= 11 is 0. The van der Waals surface area contributed by atoms with Gasteiger partial charge in [-0.05, 0) is 51.4 Å². The number of rotatable bonds is 5. The molecular weight excluding hydrogens is 646 g/mol. The minimum atomic E-state index is -0.951. The van der Waals surface area contributed by atoms with Gasteiger partial charge in [0.15, 0.2) is 23.1 Å². The van der Waals surface area contributed by atoms with Crippen LogP contribution in [0.3, 0.4) is 0 Å². The predicted octanol–water partition coefficient (Wildman–Crippen LogP) is 3.99. The first-order valence-corrected chi connectivity index (χ1v) is 20.2. The van der Waals surface area contributed by atoms with E-state index in [2.05, 4.69) is 0 Å². The van der Waals surface area contributed by atoms with Crippen molar-refractivity contribution in [2.45, 2.75) is 187 Å². The van der Waals surface area contributed by atoms with Crippen LogP contribution in [0, 0.1) is 5.92 Å². The van der Waals surface area contributed by atoms with Crippen molar-refractivity contribution >= 4 is 15.4 Å². The van der Waals surface area contributed by atoms with Crippen molar-refractivity contribution in [1.29, 1.82) is 0 Å². The maximum Gasteiger partial charge on any atom is 0.438 e. The van der Waals surface area contributed by atoms with Crippen molar-refractivity contribution in [2.24, 2.45) is 5.92 Å². The number of hydrogen-bond acceptors (Lipinski definition) is 12. The maximum atomic E-state index is 7.59. The summed E-state index contributed by atoms with van der Waals surface area (Å²) in [6.45, 7) is 2.06.